The number of H-pyrrole nitrogens is 1. The Hall–Kier alpha value is -2.77. The van der Waals surface area contributed by atoms with Crippen LogP contribution in [0.1, 0.15) is 33.4 Å². The molecule has 3 aromatic rings. The number of ether oxygens (including phenoxy) is 1. The molecule has 2 aromatic heterocycles. The third-order valence-electron chi connectivity index (χ3n) is 5.38. The van der Waals surface area contributed by atoms with Crippen molar-refractivity contribution in [1.82, 2.24) is 25.2 Å². The third-order valence-corrected chi connectivity index (χ3v) is 5.38. The fourth-order valence-electron chi connectivity index (χ4n) is 3.74. The Morgan fingerprint density at radius 2 is 1.96 bits per heavy atom. The molecule has 146 valence electrons. The van der Waals surface area contributed by atoms with Crippen LogP contribution in [0.4, 0.5) is 0 Å². The van der Waals surface area contributed by atoms with E-state index in [9.17, 15) is 4.79 Å². The Labute approximate surface area is 164 Å². The maximum Gasteiger partial charge on any atom is 0.251 e. The standard InChI is InChI=1S/C21H25N5O2/c1-14-17-5-6-22-19(17)4-3-18(14)21(27)25-13-20(26-7-9-28-10-8-26)16-11-23-15(2)24-12-16/h3-6,11-12,20,22H,7-10,13H2,1-2H3,(H,25,27)/t20-/m0/s1. The zero-order valence-electron chi connectivity index (χ0n) is 16.2. The maximum atomic E-state index is 12.9. The fraction of sp³-hybridized carbons (Fsp3) is 0.381. The number of carbonyl (C=O) groups excluding carboxylic acids is 1. The van der Waals surface area contributed by atoms with E-state index in [1.165, 1.54) is 0 Å². The second-order valence-electron chi connectivity index (χ2n) is 7.11. The van der Waals surface area contributed by atoms with Gasteiger partial charge in [0.1, 0.15) is 5.82 Å². The van der Waals surface area contributed by atoms with Crippen LogP contribution in [0.2, 0.25) is 0 Å². The van der Waals surface area contributed by atoms with Gasteiger partial charge in [0.2, 0.25) is 0 Å². The summed E-state index contributed by atoms with van der Waals surface area (Å²) in [5.74, 6) is 0.677. The molecule has 1 fully saturated rings. The number of hydrogen-bond acceptors (Lipinski definition) is 5. The van der Waals surface area contributed by atoms with Crippen LogP contribution in [0.25, 0.3) is 10.9 Å². The number of morpholine rings is 1. The van der Waals surface area contributed by atoms with Gasteiger partial charge in [-0.1, -0.05) is 0 Å². The van der Waals surface area contributed by atoms with Crippen molar-refractivity contribution in [3.05, 3.63) is 59.3 Å². The van der Waals surface area contributed by atoms with E-state index in [1.54, 1.807) is 0 Å². The lowest BCUT2D eigenvalue weighted by Crippen LogP contribution is -2.44. The molecule has 1 aliphatic rings. The predicted octanol–water partition coefficient (Wildman–Crippen LogP) is 2.38. The van der Waals surface area contributed by atoms with Crippen molar-refractivity contribution in [2.24, 2.45) is 0 Å². The van der Waals surface area contributed by atoms with Crippen molar-refractivity contribution in [2.75, 3.05) is 32.8 Å². The summed E-state index contributed by atoms with van der Waals surface area (Å²) < 4.78 is 5.49. The van der Waals surface area contributed by atoms with Gasteiger partial charge in [-0.25, -0.2) is 9.97 Å². The molecular formula is C21H25N5O2. The van der Waals surface area contributed by atoms with E-state index in [0.29, 0.717) is 25.3 Å². The van der Waals surface area contributed by atoms with E-state index in [4.69, 9.17) is 4.74 Å². The number of nitrogens with zero attached hydrogens (tertiary/aromatic N) is 3. The van der Waals surface area contributed by atoms with Crippen molar-refractivity contribution >= 4 is 16.8 Å². The van der Waals surface area contributed by atoms with E-state index in [2.05, 4.69) is 25.2 Å². The summed E-state index contributed by atoms with van der Waals surface area (Å²) in [5.41, 5.74) is 3.73. The summed E-state index contributed by atoms with van der Waals surface area (Å²) in [7, 11) is 0. The normalized spacial score (nSPS) is 16.2. The first-order valence-corrected chi connectivity index (χ1v) is 9.58. The lowest BCUT2D eigenvalue weighted by Gasteiger charge is -2.34. The summed E-state index contributed by atoms with van der Waals surface area (Å²) >= 11 is 0. The van der Waals surface area contributed by atoms with Gasteiger partial charge < -0.3 is 15.0 Å². The number of aryl methyl sites for hydroxylation is 2. The quantitative estimate of drug-likeness (QED) is 0.711. The van der Waals surface area contributed by atoms with Gasteiger partial charge in [-0.2, -0.15) is 0 Å². The van der Waals surface area contributed by atoms with E-state index in [1.807, 2.05) is 50.6 Å². The predicted molar refractivity (Wildman–Crippen MR) is 107 cm³/mol. The molecule has 1 aliphatic heterocycles. The van der Waals surface area contributed by atoms with Gasteiger partial charge in [-0.05, 0) is 37.6 Å². The molecule has 1 amide bonds. The Bertz CT molecular complexity index is 961. The Balaban J connectivity index is 1.53. The van der Waals surface area contributed by atoms with Gasteiger partial charge in [0.05, 0.1) is 19.3 Å². The van der Waals surface area contributed by atoms with E-state index in [0.717, 1.165) is 40.9 Å². The van der Waals surface area contributed by atoms with Gasteiger partial charge in [-0.15, -0.1) is 0 Å². The molecule has 4 rings (SSSR count). The lowest BCUT2D eigenvalue weighted by molar-refractivity contribution is 0.0161. The smallest absolute Gasteiger partial charge is 0.251 e. The fourth-order valence-corrected chi connectivity index (χ4v) is 3.74. The average Bonchev–Trinajstić information content (AvgIpc) is 3.20. The number of benzene rings is 1. The highest BCUT2D eigenvalue weighted by Gasteiger charge is 2.24. The highest BCUT2D eigenvalue weighted by molar-refractivity contribution is 6.00. The topological polar surface area (TPSA) is 83.1 Å². The molecular weight excluding hydrogens is 354 g/mol. The zero-order valence-corrected chi connectivity index (χ0v) is 16.2. The molecule has 0 spiro atoms. The minimum atomic E-state index is -0.0631. The van der Waals surface area contributed by atoms with Gasteiger partial charge >= 0.3 is 0 Å². The molecule has 3 heterocycles. The Morgan fingerprint density at radius 1 is 1.21 bits per heavy atom. The summed E-state index contributed by atoms with van der Waals surface area (Å²) in [6, 6.07) is 5.85. The van der Waals surface area contributed by atoms with Crippen LogP contribution in [-0.2, 0) is 4.74 Å². The summed E-state index contributed by atoms with van der Waals surface area (Å²) in [5, 5.41) is 4.19. The van der Waals surface area contributed by atoms with Crippen LogP contribution in [0, 0.1) is 13.8 Å². The van der Waals surface area contributed by atoms with Gasteiger partial charge in [0.15, 0.2) is 0 Å². The number of fused-ring (bicyclic) bond motifs is 1. The molecule has 0 unspecified atom stereocenters. The average molecular weight is 379 g/mol. The van der Waals surface area contributed by atoms with E-state index >= 15 is 0 Å². The molecule has 0 bridgehead atoms. The molecule has 7 nitrogen and oxygen atoms in total. The molecule has 0 aliphatic carbocycles. The van der Waals surface area contributed by atoms with Crippen LogP contribution in [0.3, 0.4) is 0 Å². The van der Waals surface area contributed by atoms with Crippen LogP contribution < -0.4 is 5.32 Å². The monoisotopic (exact) mass is 379 g/mol. The SMILES string of the molecule is Cc1ncc([C@H](CNC(=O)c2ccc3[nH]ccc3c2C)N2CCOCC2)cn1. The number of hydrogen-bond donors (Lipinski definition) is 2. The second kappa shape index (κ2) is 8.08. The molecule has 7 heteroatoms. The minimum absolute atomic E-state index is 0.0183. The van der Waals surface area contributed by atoms with Crippen molar-refractivity contribution in [2.45, 2.75) is 19.9 Å². The molecule has 1 saturated heterocycles. The lowest BCUT2D eigenvalue weighted by atomic mass is 10.0. The van der Waals surface area contributed by atoms with Gasteiger partial charge in [0, 0.05) is 60.3 Å². The Morgan fingerprint density at radius 3 is 2.71 bits per heavy atom. The molecule has 1 atom stereocenters. The van der Waals surface area contributed by atoms with Crippen LogP contribution in [0.5, 0.6) is 0 Å². The van der Waals surface area contributed by atoms with Crippen molar-refractivity contribution in [3.63, 3.8) is 0 Å². The molecule has 1 aromatic carbocycles. The minimum Gasteiger partial charge on any atom is -0.379 e. The molecule has 0 saturated carbocycles. The maximum absolute atomic E-state index is 12.9. The first kappa shape index (κ1) is 18.6. The largest absolute Gasteiger partial charge is 0.379 e. The van der Waals surface area contributed by atoms with E-state index < -0.39 is 0 Å². The van der Waals surface area contributed by atoms with E-state index in [-0.39, 0.29) is 11.9 Å². The number of nitrogens with one attached hydrogen (secondary N) is 2. The Kier molecular flexibility index (Phi) is 5.36. The first-order chi connectivity index (χ1) is 13.6. The van der Waals surface area contributed by atoms with Crippen molar-refractivity contribution in [1.29, 1.82) is 0 Å². The number of carbonyl (C=O) groups is 1. The second-order valence-corrected chi connectivity index (χ2v) is 7.11. The number of aromatic nitrogens is 3. The summed E-state index contributed by atoms with van der Waals surface area (Å²) in [6.07, 6.45) is 5.60. The molecule has 0 radical (unpaired) electrons. The van der Waals surface area contributed by atoms with Crippen LogP contribution in [-0.4, -0.2) is 58.6 Å². The van der Waals surface area contributed by atoms with Gasteiger partial charge in [0.25, 0.3) is 5.91 Å². The summed E-state index contributed by atoms with van der Waals surface area (Å²) in [4.78, 5) is 27.1. The highest BCUT2D eigenvalue weighted by Crippen LogP contribution is 2.23. The number of aromatic amines is 1. The third kappa shape index (κ3) is 3.76. The van der Waals surface area contributed by atoms with Crippen LogP contribution >= 0.6 is 0 Å². The first-order valence-electron chi connectivity index (χ1n) is 9.58. The molecule has 2 N–H and O–H groups in total. The van der Waals surface area contributed by atoms with Crippen molar-refractivity contribution in [3.8, 4) is 0 Å². The zero-order chi connectivity index (χ0) is 19.5. The number of amides is 1. The van der Waals surface area contributed by atoms with Gasteiger partial charge in [-0.3, -0.25) is 9.69 Å². The molecule has 28 heavy (non-hydrogen) atoms. The summed E-state index contributed by atoms with van der Waals surface area (Å²) in [6.45, 7) is 7.38. The van der Waals surface area contributed by atoms with Crippen molar-refractivity contribution < 1.29 is 9.53 Å². The van der Waals surface area contributed by atoms with Crippen LogP contribution in [0.15, 0.2) is 36.8 Å². The highest BCUT2D eigenvalue weighted by atomic mass is 16.5. The number of rotatable bonds is 5.